The monoisotopic (exact) mass is 191 g/mol. The Hall–Kier alpha value is -0.530. The highest BCUT2D eigenvalue weighted by Gasteiger charge is 2.72. The summed E-state index contributed by atoms with van der Waals surface area (Å²) in [4.78, 5) is 11.2. The molecule has 4 fully saturated rings. The van der Waals surface area contributed by atoms with Gasteiger partial charge in [-0.15, -0.1) is 0 Å². The molecule has 1 amide bonds. The van der Waals surface area contributed by atoms with Crippen molar-refractivity contribution in [3.8, 4) is 0 Å². The third-order valence-corrected chi connectivity index (χ3v) is 5.72. The molecule has 0 saturated heterocycles. The summed E-state index contributed by atoms with van der Waals surface area (Å²) in [6.07, 6.45) is 5.78. The highest BCUT2D eigenvalue weighted by Crippen LogP contribution is 2.75. The van der Waals surface area contributed by atoms with Gasteiger partial charge in [0.25, 0.3) is 0 Å². The zero-order chi connectivity index (χ0) is 9.45. The van der Waals surface area contributed by atoms with Crippen LogP contribution < -0.4 is 5.73 Å². The van der Waals surface area contributed by atoms with E-state index in [1.807, 2.05) is 0 Å². The van der Waals surface area contributed by atoms with Crippen LogP contribution in [0.15, 0.2) is 0 Å². The Bertz CT molecular complexity index is 291. The fraction of sp³-hybridized carbons (Fsp3) is 0.917. The van der Waals surface area contributed by atoms with Gasteiger partial charge < -0.3 is 5.73 Å². The van der Waals surface area contributed by atoms with Gasteiger partial charge in [-0.1, -0.05) is 6.42 Å². The molecular weight excluding hydrogens is 174 g/mol. The first kappa shape index (κ1) is 7.72. The minimum absolute atomic E-state index is 0.00493. The second-order valence-electron chi connectivity index (χ2n) is 5.90. The largest absolute Gasteiger partial charge is 0.369 e. The van der Waals surface area contributed by atoms with Crippen LogP contribution in [-0.2, 0) is 4.79 Å². The van der Waals surface area contributed by atoms with Gasteiger partial charge in [0.15, 0.2) is 0 Å². The molecule has 2 bridgehead atoms. The number of fused-ring (bicyclic) bond motifs is 8. The maximum absolute atomic E-state index is 11.2. The summed E-state index contributed by atoms with van der Waals surface area (Å²) in [6, 6.07) is 0. The van der Waals surface area contributed by atoms with Crippen LogP contribution >= 0.6 is 0 Å². The molecule has 0 aromatic heterocycles. The van der Waals surface area contributed by atoms with E-state index < -0.39 is 0 Å². The zero-order valence-corrected chi connectivity index (χ0v) is 8.36. The lowest BCUT2D eigenvalue weighted by atomic mass is 9.82. The van der Waals surface area contributed by atoms with Crippen molar-refractivity contribution in [1.29, 1.82) is 0 Å². The van der Waals surface area contributed by atoms with Crippen molar-refractivity contribution in [3.05, 3.63) is 0 Å². The number of amides is 1. The van der Waals surface area contributed by atoms with Crippen molar-refractivity contribution in [2.45, 2.75) is 25.7 Å². The third-order valence-electron chi connectivity index (χ3n) is 5.72. The molecule has 2 nitrogen and oxygen atoms in total. The maximum Gasteiger partial charge on any atom is 0.221 e. The van der Waals surface area contributed by atoms with Crippen LogP contribution in [0.2, 0.25) is 0 Å². The number of nitrogens with two attached hydrogens (primary N) is 1. The van der Waals surface area contributed by atoms with Gasteiger partial charge in [0.1, 0.15) is 0 Å². The van der Waals surface area contributed by atoms with Crippen molar-refractivity contribution in [2.75, 3.05) is 0 Å². The van der Waals surface area contributed by atoms with Gasteiger partial charge in [0.2, 0.25) is 5.91 Å². The number of rotatable bonds is 1. The van der Waals surface area contributed by atoms with E-state index >= 15 is 0 Å². The smallest absolute Gasteiger partial charge is 0.221 e. The zero-order valence-electron chi connectivity index (χ0n) is 8.36. The van der Waals surface area contributed by atoms with Crippen molar-refractivity contribution >= 4 is 5.91 Å². The molecule has 14 heavy (non-hydrogen) atoms. The van der Waals surface area contributed by atoms with Crippen LogP contribution in [0.4, 0.5) is 0 Å². The Morgan fingerprint density at radius 2 is 1.57 bits per heavy atom. The van der Waals surface area contributed by atoms with Gasteiger partial charge >= 0.3 is 0 Å². The number of carbonyl (C=O) groups excluding carboxylic acids is 1. The van der Waals surface area contributed by atoms with E-state index in [0.717, 1.165) is 35.5 Å². The van der Waals surface area contributed by atoms with Crippen molar-refractivity contribution < 1.29 is 4.79 Å². The number of carbonyl (C=O) groups is 1. The molecular formula is C12H17NO. The molecule has 2 N–H and O–H groups in total. The van der Waals surface area contributed by atoms with Crippen molar-refractivity contribution in [2.24, 2.45) is 47.2 Å². The molecule has 4 aliphatic rings. The Morgan fingerprint density at radius 1 is 1.00 bits per heavy atom. The molecule has 0 aromatic rings. The van der Waals surface area contributed by atoms with Gasteiger partial charge in [-0.3, -0.25) is 4.79 Å². The van der Waals surface area contributed by atoms with E-state index in [1.54, 1.807) is 0 Å². The minimum Gasteiger partial charge on any atom is -0.369 e. The Balaban J connectivity index is 1.67. The molecule has 7 atom stereocenters. The molecule has 2 heteroatoms. The van der Waals surface area contributed by atoms with Gasteiger partial charge in [0.05, 0.1) is 0 Å². The van der Waals surface area contributed by atoms with Crippen LogP contribution in [0, 0.1) is 41.4 Å². The molecule has 3 unspecified atom stereocenters. The summed E-state index contributed by atoms with van der Waals surface area (Å²) in [5, 5.41) is 0. The summed E-state index contributed by atoms with van der Waals surface area (Å²) < 4.78 is 0. The average Bonchev–Trinajstić information content (AvgIpc) is 2.52. The predicted octanol–water partition coefficient (Wildman–Crippen LogP) is 1.40. The lowest BCUT2D eigenvalue weighted by Gasteiger charge is -2.23. The predicted molar refractivity (Wildman–Crippen MR) is 52.1 cm³/mol. The van der Waals surface area contributed by atoms with Gasteiger partial charge in [0, 0.05) is 5.92 Å². The maximum atomic E-state index is 11.2. The second-order valence-corrected chi connectivity index (χ2v) is 5.90. The average molecular weight is 191 g/mol. The van der Waals surface area contributed by atoms with E-state index in [1.165, 1.54) is 25.7 Å². The topological polar surface area (TPSA) is 43.1 Å². The molecule has 0 radical (unpaired) electrons. The quantitative estimate of drug-likeness (QED) is 0.669. The first-order chi connectivity index (χ1) is 6.79. The standard InChI is InChI=1S/C12H17NO/c13-12(14)11-9-7-4-8(10(9)11)6-3-1-2-5(6)7/h5-11H,1-4H2,(H2,13,14)/t5-,6+,7+,8?,9+,10?,11?/m0/s1. The first-order valence-electron chi connectivity index (χ1n) is 6.08. The highest BCUT2D eigenvalue weighted by molar-refractivity contribution is 5.81. The fourth-order valence-corrected chi connectivity index (χ4v) is 5.47. The first-order valence-corrected chi connectivity index (χ1v) is 6.08. The summed E-state index contributed by atoms with van der Waals surface area (Å²) in [5.74, 6) is 5.54. The number of hydrogen-bond acceptors (Lipinski definition) is 1. The van der Waals surface area contributed by atoms with E-state index in [9.17, 15) is 4.79 Å². The van der Waals surface area contributed by atoms with Crippen LogP contribution in [0.1, 0.15) is 25.7 Å². The van der Waals surface area contributed by atoms with Crippen LogP contribution in [0.5, 0.6) is 0 Å². The Morgan fingerprint density at radius 3 is 2.07 bits per heavy atom. The van der Waals surface area contributed by atoms with E-state index in [0.29, 0.717) is 5.92 Å². The van der Waals surface area contributed by atoms with Gasteiger partial charge in [-0.2, -0.15) is 0 Å². The Labute approximate surface area is 84.2 Å². The molecule has 4 rings (SSSR count). The molecule has 4 aliphatic carbocycles. The van der Waals surface area contributed by atoms with Crippen molar-refractivity contribution in [1.82, 2.24) is 0 Å². The van der Waals surface area contributed by atoms with Crippen LogP contribution in [0.3, 0.4) is 0 Å². The lowest BCUT2D eigenvalue weighted by molar-refractivity contribution is -0.120. The Kier molecular flexibility index (Phi) is 1.20. The molecule has 4 saturated carbocycles. The van der Waals surface area contributed by atoms with Gasteiger partial charge in [-0.05, 0) is 54.8 Å². The molecule has 76 valence electrons. The van der Waals surface area contributed by atoms with E-state index in [-0.39, 0.29) is 5.91 Å². The summed E-state index contributed by atoms with van der Waals surface area (Å²) >= 11 is 0. The molecule has 0 heterocycles. The molecule has 0 spiro atoms. The minimum atomic E-state index is -0.00493. The third kappa shape index (κ3) is 0.665. The normalized spacial score (nSPS) is 62.4. The number of primary amides is 1. The second kappa shape index (κ2) is 2.17. The SMILES string of the molecule is NC(=O)C1C2C3C[C@@H]([C@@H]12)[C@H]1CCC[C@@H]31. The summed E-state index contributed by atoms with van der Waals surface area (Å²) in [5.41, 5.74) is 5.45. The van der Waals surface area contributed by atoms with E-state index in [4.69, 9.17) is 5.73 Å². The molecule has 0 aliphatic heterocycles. The summed E-state index contributed by atoms with van der Waals surface area (Å²) in [7, 11) is 0. The lowest BCUT2D eigenvalue weighted by Crippen LogP contribution is -2.19. The van der Waals surface area contributed by atoms with Crippen LogP contribution in [-0.4, -0.2) is 5.91 Å². The number of hydrogen-bond donors (Lipinski definition) is 1. The molecule has 0 aromatic carbocycles. The van der Waals surface area contributed by atoms with Crippen LogP contribution in [0.25, 0.3) is 0 Å². The summed E-state index contributed by atoms with van der Waals surface area (Å²) in [6.45, 7) is 0. The van der Waals surface area contributed by atoms with E-state index in [2.05, 4.69) is 0 Å². The van der Waals surface area contributed by atoms with Gasteiger partial charge in [-0.25, -0.2) is 0 Å². The fourth-order valence-electron chi connectivity index (χ4n) is 5.47. The highest BCUT2D eigenvalue weighted by atomic mass is 16.1. The van der Waals surface area contributed by atoms with Crippen molar-refractivity contribution in [3.63, 3.8) is 0 Å².